The number of carbonyl (C=O) groups is 1. The van der Waals surface area contributed by atoms with Crippen LogP contribution in [0.15, 0.2) is 45.6 Å². The van der Waals surface area contributed by atoms with Crippen molar-refractivity contribution in [3.05, 3.63) is 63.3 Å². The molecule has 0 radical (unpaired) electrons. The zero-order valence-corrected chi connectivity index (χ0v) is 17.7. The molecule has 3 aromatic rings. The number of nitrogens with zero attached hydrogens (tertiary/aromatic N) is 1. The highest BCUT2D eigenvalue weighted by molar-refractivity contribution is 5.85. The standard InChI is InChI=1S/C24H27NO4/c1-6-25(7-2)20(26)14-28-24-21(27)19-13-16(4)12-17(5)22(19)29-23(24)18-10-8-15(3)9-11-18/h8-13H,6-7,14H2,1-5H3. The van der Waals surface area contributed by atoms with Crippen LogP contribution in [0.3, 0.4) is 0 Å². The smallest absolute Gasteiger partial charge is 0.260 e. The predicted molar refractivity (Wildman–Crippen MR) is 116 cm³/mol. The molecule has 1 amide bonds. The van der Waals surface area contributed by atoms with Crippen LogP contribution in [0.25, 0.3) is 22.3 Å². The summed E-state index contributed by atoms with van der Waals surface area (Å²) in [6.07, 6.45) is 0. The Balaban J connectivity index is 2.16. The van der Waals surface area contributed by atoms with Crippen LogP contribution in [0.2, 0.25) is 0 Å². The molecule has 5 heteroatoms. The van der Waals surface area contributed by atoms with E-state index >= 15 is 0 Å². The van der Waals surface area contributed by atoms with Gasteiger partial charge in [-0.1, -0.05) is 35.9 Å². The molecule has 152 valence electrons. The third-order valence-electron chi connectivity index (χ3n) is 5.05. The number of hydrogen-bond donors (Lipinski definition) is 0. The van der Waals surface area contributed by atoms with Crippen molar-refractivity contribution in [2.75, 3.05) is 19.7 Å². The first-order chi connectivity index (χ1) is 13.8. The SMILES string of the molecule is CCN(CC)C(=O)COc1c(-c2ccc(C)cc2)oc2c(C)cc(C)cc2c1=O. The molecule has 0 atom stereocenters. The maximum absolute atomic E-state index is 13.3. The van der Waals surface area contributed by atoms with Crippen molar-refractivity contribution in [1.82, 2.24) is 4.90 Å². The molecule has 0 aliphatic heterocycles. The Morgan fingerprint density at radius 1 is 1.00 bits per heavy atom. The predicted octanol–water partition coefficient (Wildman–Crippen LogP) is 4.63. The van der Waals surface area contributed by atoms with Gasteiger partial charge in [0.25, 0.3) is 5.91 Å². The first-order valence-corrected chi connectivity index (χ1v) is 9.91. The van der Waals surface area contributed by atoms with E-state index in [1.165, 1.54) is 0 Å². The summed E-state index contributed by atoms with van der Waals surface area (Å²) in [6.45, 7) is 10.6. The second kappa shape index (κ2) is 8.52. The van der Waals surface area contributed by atoms with Crippen molar-refractivity contribution in [1.29, 1.82) is 0 Å². The van der Waals surface area contributed by atoms with Crippen LogP contribution in [0.5, 0.6) is 5.75 Å². The molecule has 0 aliphatic carbocycles. The van der Waals surface area contributed by atoms with Gasteiger partial charge in [-0.15, -0.1) is 0 Å². The van der Waals surface area contributed by atoms with E-state index in [-0.39, 0.29) is 23.7 Å². The Hall–Kier alpha value is -3.08. The molecule has 1 aromatic heterocycles. The summed E-state index contributed by atoms with van der Waals surface area (Å²) >= 11 is 0. The first-order valence-electron chi connectivity index (χ1n) is 9.91. The molecule has 5 nitrogen and oxygen atoms in total. The van der Waals surface area contributed by atoms with E-state index < -0.39 is 0 Å². The zero-order chi connectivity index (χ0) is 21.1. The van der Waals surface area contributed by atoms with Crippen LogP contribution >= 0.6 is 0 Å². The number of aryl methyl sites for hydroxylation is 3. The molecular weight excluding hydrogens is 366 g/mol. The molecule has 3 rings (SSSR count). The number of fused-ring (bicyclic) bond motifs is 1. The molecule has 0 saturated carbocycles. The number of hydrogen-bond acceptors (Lipinski definition) is 4. The average molecular weight is 393 g/mol. The topological polar surface area (TPSA) is 59.8 Å². The van der Waals surface area contributed by atoms with E-state index in [4.69, 9.17) is 9.15 Å². The van der Waals surface area contributed by atoms with Gasteiger partial charge in [-0.3, -0.25) is 9.59 Å². The lowest BCUT2D eigenvalue weighted by atomic mass is 10.0. The minimum atomic E-state index is -0.263. The lowest BCUT2D eigenvalue weighted by Crippen LogP contribution is -2.35. The largest absolute Gasteiger partial charge is 0.476 e. The highest BCUT2D eigenvalue weighted by Gasteiger charge is 2.21. The van der Waals surface area contributed by atoms with Crippen molar-refractivity contribution in [2.24, 2.45) is 0 Å². The Kier molecular flexibility index (Phi) is 6.06. The fourth-order valence-corrected chi connectivity index (χ4v) is 3.46. The van der Waals surface area contributed by atoms with Crippen molar-refractivity contribution in [2.45, 2.75) is 34.6 Å². The monoisotopic (exact) mass is 393 g/mol. The minimum Gasteiger partial charge on any atom is -0.476 e. The summed E-state index contributed by atoms with van der Waals surface area (Å²) in [5, 5.41) is 0.462. The second-order valence-electron chi connectivity index (χ2n) is 7.27. The fourth-order valence-electron chi connectivity index (χ4n) is 3.46. The average Bonchev–Trinajstić information content (AvgIpc) is 2.69. The van der Waals surface area contributed by atoms with Gasteiger partial charge in [0.15, 0.2) is 12.4 Å². The fraction of sp³-hybridized carbons (Fsp3) is 0.333. The normalized spacial score (nSPS) is 10.9. The summed E-state index contributed by atoms with van der Waals surface area (Å²) in [7, 11) is 0. The first kappa shape index (κ1) is 20.6. The van der Waals surface area contributed by atoms with Crippen LogP contribution < -0.4 is 10.2 Å². The van der Waals surface area contributed by atoms with Crippen LogP contribution in [-0.4, -0.2) is 30.5 Å². The molecule has 0 fully saturated rings. The Morgan fingerprint density at radius 2 is 1.66 bits per heavy atom. The maximum Gasteiger partial charge on any atom is 0.260 e. The van der Waals surface area contributed by atoms with E-state index in [2.05, 4.69) is 0 Å². The Morgan fingerprint density at radius 3 is 2.28 bits per heavy atom. The highest BCUT2D eigenvalue weighted by Crippen LogP contribution is 2.32. The van der Waals surface area contributed by atoms with Crippen molar-refractivity contribution in [3.8, 4) is 17.1 Å². The maximum atomic E-state index is 13.3. The molecule has 29 heavy (non-hydrogen) atoms. The van der Waals surface area contributed by atoms with E-state index in [1.807, 2.05) is 65.0 Å². The molecule has 0 bridgehead atoms. The van der Waals surface area contributed by atoms with Gasteiger partial charge in [-0.05, 0) is 51.8 Å². The zero-order valence-electron chi connectivity index (χ0n) is 17.7. The molecule has 0 unspecified atom stereocenters. The summed E-state index contributed by atoms with van der Waals surface area (Å²) in [4.78, 5) is 27.4. The van der Waals surface area contributed by atoms with Crippen molar-refractivity contribution < 1.29 is 13.9 Å². The molecule has 0 spiro atoms. The summed E-state index contributed by atoms with van der Waals surface area (Å²) in [6, 6.07) is 11.5. The molecule has 2 aromatic carbocycles. The van der Waals surface area contributed by atoms with Gasteiger partial charge in [0.2, 0.25) is 11.2 Å². The van der Waals surface area contributed by atoms with Gasteiger partial charge in [0.05, 0.1) is 5.39 Å². The number of likely N-dealkylation sites (N-methyl/N-ethyl adjacent to an activating group) is 1. The van der Waals surface area contributed by atoms with E-state index in [0.717, 1.165) is 22.3 Å². The molecule has 0 aliphatic rings. The number of amides is 1. The minimum absolute atomic E-state index is 0.0758. The van der Waals surface area contributed by atoms with Gasteiger partial charge in [0, 0.05) is 18.7 Å². The number of carbonyl (C=O) groups excluding carboxylic acids is 1. The number of ether oxygens (including phenoxy) is 1. The van der Waals surface area contributed by atoms with Crippen LogP contribution in [-0.2, 0) is 4.79 Å². The number of rotatable bonds is 6. The van der Waals surface area contributed by atoms with Gasteiger partial charge in [0.1, 0.15) is 5.58 Å². The molecule has 1 heterocycles. The summed E-state index contributed by atoms with van der Waals surface area (Å²) in [5.41, 5.74) is 3.97. The summed E-state index contributed by atoms with van der Waals surface area (Å²) in [5.74, 6) is 0.262. The van der Waals surface area contributed by atoms with Crippen LogP contribution in [0.4, 0.5) is 0 Å². The van der Waals surface area contributed by atoms with E-state index in [0.29, 0.717) is 29.8 Å². The molecular formula is C24H27NO4. The third-order valence-corrected chi connectivity index (χ3v) is 5.05. The lowest BCUT2D eigenvalue weighted by Gasteiger charge is -2.19. The Bertz CT molecular complexity index is 1090. The Labute approximate surface area is 170 Å². The van der Waals surface area contributed by atoms with Gasteiger partial charge in [-0.25, -0.2) is 0 Å². The second-order valence-corrected chi connectivity index (χ2v) is 7.27. The van der Waals surface area contributed by atoms with Gasteiger partial charge >= 0.3 is 0 Å². The van der Waals surface area contributed by atoms with Gasteiger partial charge in [-0.2, -0.15) is 0 Å². The van der Waals surface area contributed by atoms with E-state index in [1.54, 1.807) is 11.0 Å². The molecule has 0 saturated heterocycles. The van der Waals surface area contributed by atoms with E-state index in [9.17, 15) is 9.59 Å². The van der Waals surface area contributed by atoms with Crippen molar-refractivity contribution in [3.63, 3.8) is 0 Å². The molecule has 0 N–H and O–H groups in total. The summed E-state index contributed by atoms with van der Waals surface area (Å²) < 4.78 is 12.0. The van der Waals surface area contributed by atoms with Crippen LogP contribution in [0.1, 0.15) is 30.5 Å². The van der Waals surface area contributed by atoms with Crippen molar-refractivity contribution >= 4 is 16.9 Å². The highest BCUT2D eigenvalue weighted by atomic mass is 16.5. The van der Waals surface area contributed by atoms with Gasteiger partial charge < -0.3 is 14.1 Å². The van der Waals surface area contributed by atoms with Crippen LogP contribution in [0, 0.1) is 20.8 Å². The quantitative estimate of drug-likeness (QED) is 0.612. The lowest BCUT2D eigenvalue weighted by molar-refractivity contribution is -0.132. The number of benzene rings is 2. The third kappa shape index (κ3) is 4.19.